The lowest BCUT2D eigenvalue weighted by Crippen LogP contribution is -2.36. The third-order valence-corrected chi connectivity index (χ3v) is 3.16. The van der Waals surface area contributed by atoms with E-state index in [0.29, 0.717) is 5.75 Å². The van der Waals surface area contributed by atoms with Crippen molar-refractivity contribution < 1.29 is 18.3 Å². The van der Waals surface area contributed by atoms with Gasteiger partial charge in [0.15, 0.2) is 5.69 Å². The molecule has 0 aliphatic carbocycles. The van der Waals surface area contributed by atoms with Gasteiger partial charge in [0.05, 0.1) is 5.60 Å². The van der Waals surface area contributed by atoms with E-state index in [2.05, 4.69) is 15.3 Å². The van der Waals surface area contributed by atoms with Crippen LogP contribution in [0.2, 0.25) is 0 Å². The lowest BCUT2D eigenvalue weighted by atomic mass is 10.1. The standard InChI is InChI=1S/C10H16F3N5OS/c1-9(19,5-20-2)4-15-7-3-6(10(11,12)13)16-8(17-7)18-14/h3,19H,4-5,14H2,1-2H3,(H2,15,16,17,18). The van der Waals surface area contributed by atoms with Crippen LogP contribution in [0, 0.1) is 0 Å². The van der Waals surface area contributed by atoms with Crippen LogP contribution in [-0.4, -0.2) is 39.2 Å². The second kappa shape index (κ2) is 6.46. The molecule has 1 atom stereocenters. The van der Waals surface area contributed by atoms with Crippen LogP contribution in [0.15, 0.2) is 6.07 Å². The maximum atomic E-state index is 12.6. The summed E-state index contributed by atoms with van der Waals surface area (Å²) in [6, 6.07) is 0.760. The summed E-state index contributed by atoms with van der Waals surface area (Å²) < 4.78 is 37.9. The molecule has 10 heteroatoms. The number of aromatic nitrogens is 2. The van der Waals surface area contributed by atoms with Crippen molar-refractivity contribution in [3.63, 3.8) is 0 Å². The number of halogens is 3. The van der Waals surface area contributed by atoms with Gasteiger partial charge in [0.1, 0.15) is 5.82 Å². The highest BCUT2D eigenvalue weighted by Gasteiger charge is 2.34. The number of aliphatic hydroxyl groups is 1. The lowest BCUT2D eigenvalue weighted by Gasteiger charge is -2.23. The number of hydrogen-bond donors (Lipinski definition) is 4. The van der Waals surface area contributed by atoms with Gasteiger partial charge >= 0.3 is 6.18 Å². The molecule has 1 unspecified atom stereocenters. The minimum Gasteiger partial charge on any atom is -0.387 e. The molecule has 0 aromatic carbocycles. The van der Waals surface area contributed by atoms with Crippen molar-refractivity contribution in [1.82, 2.24) is 9.97 Å². The van der Waals surface area contributed by atoms with E-state index in [1.807, 2.05) is 11.7 Å². The van der Waals surface area contributed by atoms with Crippen LogP contribution in [0.5, 0.6) is 0 Å². The maximum absolute atomic E-state index is 12.6. The molecule has 114 valence electrons. The highest BCUT2D eigenvalue weighted by atomic mass is 32.2. The van der Waals surface area contributed by atoms with Gasteiger partial charge in [-0.25, -0.2) is 10.8 Å². The summed E-state index contributed by atoms with van der Waals surface area (Å²) in [5.41, 5.74) is -0.215. The quantitative estimate of drug-likeness (QED) is 0.464. The van der Waals surface area contributed by atoms with Crippen LogP contribution in [0.25, 0.3) is 0 Å². The lowest BCUT2D eigenvalue weighted by molar-refractivity contribution is -0.141. The van der Waals surface area contributed by atoms with Crippen molar-refractivity contribution >= 4 is 23.5 Å². The number of rotatable bonds is 6. The molecule has 0 saturated carbocycles. The first kappa shape index (κ1) is 16.8. The topological polar surface area (TPSA) is 96.1 Å². The number of nitrogen functional groups attached to an aromatic ring is 1. The summed E-state index contributed by atoms with van der Waals surface area (Å²) in [5.74, 6) is 5.04. The van der Waals surface area contributed by atoms with Crippen LogP contribution in [0.4, 0.5) is 24.9 Å². The monoisotopic (exact) mass is 311 g/mol. The fraction of sp³-hybridized carbons (Fsp3) is 0.600. The largest absolute Gasteiger partial charge is 0.433 e. The molecule has 0 spiro atoms. The van der Waals surface area contributed by atoms with Crippen LogP contribution in [-0.2, 0) is 6.18 Å². The first-order valence-corrected chi connectivity index (χ1v) is 6.95. The summed E-state index contributed by atoms with van der Waals surface area (Å²) >= 11 is 1.42. The minimum absolute atomic E-state index is 0.0478. The molecule has 1 aromatic rings. The number of anilines is 2. The van der Waals surface area contributed by atoms with Crippen molar-refractivity contribution in [1.29, 1.82) is 0 Å². The Labute approximate surface area is 118 Å². The van der Waals surface area contributed by atoms with Crippen molar-refractivity contribution in [3.8, 4) is 0 Å². The molecule has 20 heavy (non-hydrogen) atoms. The van der Waals surface area contributed by atoms with Gasteiger partial charge in [-0.05, 0) is 13.2 Å². The summed E-state index contributed by atoms with van der Waals surface area (Å²) in [5, 5.41) is 12.6. The predicted octanol–water partition coefficient (Wildman–Crippen LogP) is 1.31. The number of hydrazine groups is 1. The fourth-order valence-electron chi connectivity index (χ4n) is 1.39. The Morgan fingerprint density at radius 1 is 1.40 bits per heavy atom. The van der Waals surface area contributed by atoms with Crippen LogP contribution in [0.1, 0.15) is 12.6 Å². The molecule has 0 amide bonds. The molecule has 0 bridgehead atoms. The minimum atomic E-state index is -4.60. The molecule has 1 rings (SSSR count). The number of nitrogens with two attached hydrogens (primary N) is 1. The summed E-state index contributed by atoms with van der Waals surface area (Å²) in [6.07, 6.45) is -2.79. The Bertz CT molecular complexity index is 455. The Balaban J connectivity index is 2.90. The first-order valence-electron chi connectivity index (χ1n) is 5.56. The number of hydrogen-bond acceptors (Lipinski definition) is 7. The molecule has 0 fully saturated rings. The molecular formula is C10H16F3N5OS. The van der Waals surface area contributed by atoms with E-state index in [0.717, 1.165) is 6.07 Å². The average molecular weight is 311 g/mol. The molecule has 0 radical (unpaired) electrons. The second-order valence-electron chi connectivity index (χ2n) is 4.39. The molecular weight excluding hydrogens is 295 g/mol. The number of thioether (sulfide) groups is 1. The van der Waals surface area contributed by atoms with Gasteiger partial charge < -0.3 is 10.4 Å². The van der Waals surface area contributed by atoms with Gasteiger partial charge in [-0.2, -0.15) is 29.9 Å². The van der Waals surface area contributed by atoms with Crippen LogP contribution >= 0.6 is 11.8 Å². The molecule has 0 aliphatic heterocycles. The smallest absolute Gasteiger partial charge is 0.387 e. The van der Waals surface area contributed by atoms with Crippen molar-refractivity contribution in [3.05, 3.63) is 11.8 Å². The highest BCUT2D eigenvalue weighted by molar-refractivity contribution is 7.98. The van der Waals surface area contributed by atoms with E-state index >= 15 is 0 Å². The Morgan fingerprint density at radius 3 is 2.55 bits per heavy atom. The first-order chi connectivity index (χ1) is 9.18. The summed E-state index contributed by atoms with van der Waals surface area (Å²) in [4.78, 5) is 6.98. The maximum Gasteiger partial charge on any atom is 0.433 e. The molecule has 6 nitrogen and oxygen atoms in total. The van der Waals surface area contributed by atoms with E-state index in [9.17, 15) is 18.3 Å². The summed E-state index contributed by atoms with van der Waals surface area (Å²) in [7, 11) is 0. The molecule has 1 heterocycles. The van der Waals surface area contributed by atoms with E-state index in [-0.39, 0.29) is 18.3 Å². The fourth-order valence-corrected chi connectivity index (χ4v) is 2.11. The van der Waals surface area contributed by atoms with Crippen molar-refractivity contribution in [2.75, 3.05) is 29.3 Å². The molecule has 5 N–H and O–H groups in total. The Hall–Kier alpha value is -1.26. The number of nitrogens with one attached hydrogen (secondary N) is 2. The van der Waals surface area contributed by atoms with Gasteiger partial charge in [0, 0.05) is 18.4 Å². The van der Waals surface area contributed by atoms with Gasteiger partial charge in [-0.1, -0.05) is 0 Å². The van der Waals surface area contributed by atoms with Gasteiger partial charge in [0.25, 0.3) is 0 Å². The zero-order valence-electron chi connectivity index (χ0n) is 11.0. The zero-order chi connectivity index (χ0) is 15.4. The van der Waals surface area contributed by atoms with Gasteiger partial charge in [-0.3, -0.25) is 5.43 Å². The van der Waals surface area contributed by atoms with E-state index in [1.54, 1.807) is 6.92 Å². The third-order valence-electron chi connectivity index (χ3n) is 2.25. The third kappa shape index (κ3) is 5.02. The van der Waals surface area contributed by atoms with E-state index < -0.39 is 17.5 Å². The van der Waals surface area contributed by atoms with Gasteiger partial charge in [0.2, 0.25) is 5.95 Å². The number of nitrogens with zero attached hydrogens (tertiary/aromatic N) is 2. The molecule has 1 aromatic heterocycles. The second-order valence-corrected chi connectivity index (χ2v) is 5.25. The van der Waals surface area contributed by atoms with Crippen LogP contribution in [0.3, 0.4) is 0 Å². The Kier molecular flexibility index (Phi) is 5.42. The highest BCUT2D eigenvalue weighted by Crippen LogP contribution is 2.29. The zero-order valence-corrected chi connectivity index (χ0v) is 11.8. The molecule has 0 saturated heterocycles. The molecule has 0 aliphatic rings. The van der Waals surface area contributed by atoms with Gasteiger partial charge in [-0.15, -0.1) is 0 Å². The predicted molar refractivity (Wildman–Crippen MR) is 72.3 cm³/mol. The van der Waals surface area contributed by atoms with Crippen molar-refractivity contribution in [2.24, 2.45) is 5.84 Å². The average Bonchev–Trinajstić information content (AvgIpc) is 2.35. The SMILES string of the molecule is CSCC(C)(O)CNc1cc(C(F)(F)F)nc(NN)n1. The Morgan fingerprint density at radius 2 is 2.05 bits per heavy atom. The summed E-state index contributed by atoms with van der Waals surface area (Å²) in [6.45, 7) is 1.62. The number of alkyl halides is 3. The van der Waals surface area contributed by atoms with E-state index in [1.165, 1.54) is 11.8 Å². The van der Waals surface area contributed by atoms with E-state index in [4.69, 9.17) is 5.84 Å². The van der Waals surface area contributed by atoms with Crippen molar-refractivity contribution in [2.45, 2.75) is 18.7 Å². The van der Waals surface area contributed by atoms with Crippen LogP contribution < -0.4 is 16.6 Å². The normalized spacial score (nSPS) is 14.8.